The molecule has 1 aliphatic rings. The van der Waals surface area contributed by atoms with Crippen molar-refractivity contribution in [3.05, 3.63) is 54.0 Å². The fourth-order valence-corrected chi connectivity index (χ4v) is 4.71. The smallest absolute Gasteiger partial charge is 0.287 e. The van der Waals surface area contributed by atoms with Gasteiger partial charge in [0.1, 0.15) is 5.69 Å². The van der Waals surface area contributed by atoms with Crippen LogP contribution >= 0.6 is 0 Å². The zero-order chi connectivity index (χ0) is 23.2. The third kappa shape index (κ3) is 5.38. The molecule has 6 heteroatoms. The Morgan fingerprint density at radius 3 is 2.52 bits per heavy atom. The maximum Gasteiger partial charge on any atom is 0.287 e. The fourth-order valence-electron chi connectivity index (χ4n) is 4.71. The Balaban J connectivity index is 1.60. The molecular formula is C27H36N4O2. The summed E-state index contributed by atoms with van der Waals surface area (Å²) in [5.74, 6) is 0.868. The Labute approximate surface area is 197 Å². The summed E-state index contributed by atoms with van der Waals surface area (Å²) >= 11 is 0. The van der Waals surface area contributed by atoms with Crippen molar-refractivity contribution in [2.24, 2.45) is 0 Å². The second-order valence-corrected chi connectivity index (χ2v) is 8.95. The van der Waals surface area contributed by atoms with Crippen LogP contribution < -0.4 is 5.32 Å². The number of aryl methyl sites for hydroxylation is 1. The zero-order valence-electron chi connectivity index (χ0n) is 20.1. The summed E-state index contributed by atoms with van der Waals surface area (Å²) in [4.78, 5) is 19.8. The molecule has 2 heterocycles. The Morgan fingerprint density at radius 1 is 1.09 bits per heavy atom. The van der Waals surface area contributed by atoms with Gasteiger partial charge in [-0.2, -0.15) is 0 Å². The standard InChI is InChI=1S/C27H36N4O2/c1-4-30(5-2)18-17-28-27(32)24-16-15-23(33-24)26-25(21-13-11-20(3)12-14-21)29-19-31(26)22-9-7-6-8-10-22/h11-16,19,22H,4-10,17-18H2,1-3H3,(H,28,32). The number of amides is 1. The van der Waals surface area contributed by atoms with Crippen LogP contribution in [0.25, 0.3) is 22.7 Å². The van der Waals surface area contributed by atoms with E-state index in [1.807, 2.05) is 12.4 Å². The highest BCUT2D eigenvalue weighted by Gasteiger charge is 2.25. The highest BCUT2D eigenvalue weighted by Crippen LogP contribution is 2.38. The van der Waals surface area contributed by atoms with E-state index < -0.39 is 0 Å². The molecule has 176 valence electrons. The molecule has 1 amide bonds. The molecule has 33 heavy (non-hydrogen) atoms. The monoisotopic (exact) mass is 448 g/mol. The van der Waals surface area contributed by atoms with Crippen molar-refractivity contribution in [2.45, 2.75) is 58.9 Å². The molecule has 2 aromatic heterocycles. The summed E-state index contributed by atoms with van der Waals surface area (Å²) < 4.78 is 8.40. The molecule has 0 atom stereocenters. The number of hydrogen-bond acceptors (Lipinski definition) is 4. The van der Waals surface area contributed by atoms with Gasteiger partial charge < -0.3 is 19.2 Å². The van der Waals surface area contributed by atoms with Crippen LogP contribution in [0.5, 0.6) is 0 Å². The van der Waals surface area contributed by atoms with Gasteiger partial charge in [-0.3, -0.25) is 4.79 Å². The molecule has 0 radical (unpaired) electrons. The fraction of sp³-hybridized carbons (Fsp3) is 0.481. The van der Waals surface area contributed by atoms with E-state index in [1.54, 1.807) is 6.07 Å². The van der Waals surface area contributed by atoms with Crippen molar-refractivity contribution in [1.29, 1.82) is 0 Å². The number of hydrogen-bond donors (Lipinski definition) is 1. The first-order valence-corrected chi connectivity index (χ1v) is 12.3. The number of carbonyl (C=O) groups excluding carboxylic acids is 1. The van der Waals surface area contributed by atoms with E-state index in [4.69, 9.17) is 9.40 Å². The topological polar surface area (TPSA) is 63.3 Å². The molecular weight excluding hydrogens is 412 g/mol. The maximum absolute atomic E-state index is 12.7. The minimum atomic E-state index is -0.172. The van der Waals surface area contributed by atoms with Crippen molar-refractivity contribution >= 4 is 5.91 Å². The highest BCUT2D eigenvalue weighted by molar-refractivity contribution is 5.92. The lowest BCUT2D eigenvalue weighted by Gasteiger charge is -2.24. The van der Waals surface area contributed by atoms with Crippen LogP contribution in [0.4, 0.5) is 0 Å². The Bertz CT molecular complexity index is 1040. The lowest BCUT2D eigenvalue weighted by molar-refractivity contribution is 0.0922. The van der Waals surface area contributed by atoms with Gasteiger partial charge in [0.15, 0.2) is 11.5 Å². The van der Waals surface area contributed by atoms with Gasteiger partial charge in [0.2, 0.25) is 0 Å². The number of rotatable bonds is 9. The van der Waals surface area contributed by atoms with Gasteiger partial charge in [-0.1, -0.05) is 62.9 Å². The van der Waals surface area contributed by atoms with Crippen LogP contribution in [-0.4, -0.2) is 46.5 Å². The van der Waals surface area contributed by atoms with E-state index in [9.17, 15) is 4.79 Å². The van der Waals surface area contributed by atoms with Crippen molar-refractivity contribution in [2.75, 3.05) is 26.2 Å². The Kier molecular flexibility index (Phi) is 7.65. The normalized spacial score (nSPS) is 14.7. The summed E-state index contributed by atoms with van der Waals surface area (Å²) in [6.45, 7) is 9.73. The molecule has 4 rings (SSSR count). The summed E-state index contributed by atoms with van der Waals surface area (Å²) in [6.07, 6.45) is 8.02. The predicted molar refractivity (Wildman–Crippen MR) is 132 cm³/mol. The first-order valence-electron chi connectivity index (χ1n) is 12.3. The third-order valence-electron chi connectivity index (χ3n) is 6.76. The first-order chi connectivity index (χ1) is 16.1. The summed E-state index contributed by atoms with van der Waals surface area (Å²) in [7, 11) is 0. The average molecular weight is 449 g/mol. The second kappa shape index (κ2) is 10.8. The molecule has 0 bridgehead atoms. The van der Waals surface area contributed by atoms with Crippen LogP contribution in [-0.2, 0) is 0 Å². The molecule has 0 unspecified atom stereocenters. The van der Waals surface area contributed by atoms with Gasteiger partial charge in [-0.05, 0) is 45.0 Å². The molecule has 0 aliphatic heterocycles. The van der Waals surface area contributed by atoms with Crippen molar-refractivity contribution in [3.8, 4) is 22.7 Å². The SMILES string of the molecule is CCN(CC)CCNC(=O)c1ccc(-c2c(-c3ccc(C)cc3)ncn2C2CCCCC2)o1. The van der Waals surface area contributed by atoms with E-state index in [0.29, 0.717) is 24.1 Å². The minimum Gasteiger partial charge on any atom is -0.449 e. The molecule has 6 nitrogen and oxygen atoms in total. The number of imidazole rings is 1. The average Bonchev–Trinajstić information content (AvgIpc) is 3.50. The summed E-state index contributed by atoms with van der Waals surface area (Å²) in [5.41, 5.74) is 4.15. The molecule has 1 aliphatic carbocycles. The van der Waals surface area contributed by atoms with Gasteiger partial charge in [0.25, 0.3) is 5.91 Å². The minimum absolute atomic E-state index is 0.172. The Hall–Kier alpha value is -2.86. The van der Waals surface area contributed by atoms with E-state index in [1.165, 1.54) is 24.8 Å². The summed E-state index contributed by atoms with van der Waals surface area (Å²) in [6, 6.07) is 12.5. The van der Waals surface area contributed by atoms with Crippen molar-refractivity contribution < 1.29 is 9.21 Å². The Morgan fingerprint density at radius 2 is 1.82 bits per heavy atom. The van der Waals surface area contributed by atoms with Crippen molar-refractivity contribution in [1.82, 2.24) is 19.8 Å². The number of benzene rings is 1. The van der Waals surface area contributed by atoms with Crippen LogP contribution in [0, 0.1) is 6.92 Å². The van der Waals surface area contributed by atoms with E-state index >= 15 is 0 Å². The molecule has 1 N–H and O–H groups in total. The van der Waals surface area contributed by atoms with Gasteiger partial charge in [0.05, 0.1) is 12.0 Å². The van der Waals surface area contributed by atoms with E-state index in [-0.39, 0.29) is 5.91 Å². The second-order valence-electron chi connectivity index (χ2n) is 8.95. The number of carbonyl (C=O) groups is 1. The predicted octanol–water partition coefficient (Wildman–Crippen LogP) is 5.70. The van der Waals surface area contributed by atoms with Crippen LogP contribution in [0.3, 0.4) is 0 Å². The number of nitrogens with zero attached hydrogens (tertiary/aromatic N) is 3. The number of nitrogens with one attached hydrogen (secondary N) is 1. The van der Waals surface area contributed by atoms with E-state index in [2.05, 4.69) is 59.8 Å². The zero-order valence-corrected chi connectivity index (χ0v) is 20.1. The number of aromatic nitrogens is 2. The molecule has 0 saturated heterocycles. The van der Waals surface area contributed by atoms with Gasteiger partial charge in [-0.15, -0.1) is 0 Å². The number of likely N-dealkylation sites (N-methyl/N-ethyl adjacent to an activating group) is 1. The molecule has 1 aromatic carbocycles. The van der Waals surface area contributed by atoms with Gasteiger partial charge in [-0.25, -0.2) is 4.98 Å². The molecule has 0 spiro atoms. The molecule has 3 aromatic rings. The molecule has 1 fully saturated rings. The van der Waals surface area contributed by atoms with Gasteiger partial charge in [0, 0.05) is 24.7 Å². The van der Waals surface area contributed by atoms with Crippen LogP contribution in [0.2, 0.25) is 0 Å². The lowest BCUT2D eigenvalue weighted by atomic mass is 9.95. The number of furan rings is 1. The maximum atomic E-state index is 12.7. The highest BCUT2D eigenvalue weighted by atomic mass is 16.4. The molecule has 1 saturated carbocycles. The van der Waals surface area contributed by atoms with Gasteiger partial charge >= 0.3 is 0 Å². The largest absolute Gasteiger partial charge is 0.449 e. The van der Waals surface area contributed by atoms with Crippen molar-refractivity contribution in [3.63, 3.8) is 0 Å². The lowest BCUT2D eigenvalue weighted by Crippen LogP contribution is -2.34. The van der Waals surface area contributed by atoms with Crippen LogP contribution in [0.15, 0.2) is 47.1 Å². The van der Waals surface area contributed by atoms with Crippen LogP contribution in [0.1, 0.15) is 68.1 Å². The summed E-state index contributed by atoms with van der Waals surface area (Å²) in [5, 5.41) is 2.99. The third-order valence-corrected chi connectivity index (χ3v) is 6.76. The van der Waals surface area contributed by atoms with E-state index in [0.717, 1.165) is 49.4 Å². The first kappa shape index (κ1) is 23.3. The quantitative estimate of drug-likeness (QED) is 0.456.